The average molecular weight is 374 g/mol. The van der Waals surface area contributed by atoms with Gasteiger partial charge in [0, 0.05) is 22.7 Å². The Labute approximate surface area is 155 Å². The van der Waals surface area contributed by atoms with E-state index in [1.54, 1.807) is 6.92 Å². The Bertz CT molecular complexity index is 696. The summed E-state index contributed by atoms with van der Waals surface area (Å²) in [4.78, 5) is 0. The monoisotopic (exact) mass is 374 g/mol. The topological polar surface area (TPSA) is 55.8 Å². The molecule has 0 spiro atoms. The summed E-state index contributed by atoms with van der Waals surface area (Å²) in [6, 6.07) is 19.0. The molecule has 1 heterocycles. The Morgan fingerprint density at radius 3 is 1.88 bits per heavy atom. The zero-order valence-electron chi connectivity index (χ0n) is 15.4. The van der Waals surface area contributed by atoms with Crippen molar-refractivity contribution in [3.63, 3.8) is 0 Å². The molecule has 0 unspecified atom stereocenters. The number of hydrogen-bond acceptors (Lipinski definition) is 4. The number of aliphatic hydroxyl groups excluding tert-OH is 1. The number of benzene rings is 2. The van der Waals surface area contributed by atoms with E-state index in [9.17, 15) is 9.67 Å². The highest BCUT2D eigenvalue weighted by Gasteiger charge is 2.41. The summed E-state index contributed by atoms with van der Waals surface area (Å²) in [6.07, 6.45) is 0.424. The summed E-state index contributed by atoms with van der Waals surface area (Å²) >= 11 is 0. The SMILES string of the molecule is C[C@H](O)[C@H](CCC1(C)OCCO1)P(=O)(c1ccccc1)c1ccccc1. The van der Waals surface area contributed by atoms with Crippen LogP contribution in [0.4, 0.5) is 0 Å². The van der Waals surface area contributed by atoms with E-state index in [0.717, 1.165) is 10.6 Å². The van der Waals surface area contributed by atoms with Gasteiger partial charge in [-0.2, -0.15) is 0 Å². The van der Waals surface area contributed by atoms with E-state index >= 15 is 0 Å². The number of hydrogen-bond donors (Lipinski definition) is 1. The van der Waals surface area contributed by atoms with Crippen molar-refractivity contribution in [3.05, 3.63) is 60.7 Å². The maximum Gasteiger partial charge on any atom is 0.165 e. The first-order chi connectivity index (χ1) is 12.5. The van der Waals surface area contributed by atoms with Crippen LogP contribution in [-0.2, 0) is 14.0 Å². The maximum absolute atomic E-state index is 14.4. The second kappa shape index (κ2) is 8.06. The predicted molar refractivity (Wildman–Crippen MR) is 105 cm³/mol. The van der Waals surface area contributed by atoms with Crippen molar-refractivity contribution >= 4 is 17.8 Å². The number of rotatable bonds is 7. The van der Waals surface area contributed by atoms with E-state index in [1.165, 1.54) is 0 Å². The summed E-state index contributed by atoms with van der Waals surface area (Å²) in [5.74, 6) is -0.661. The molecule has 0 aliphatic carbocycles. The second-order valence-corrected chi connectivity index (χ2v) is 10.0. The number of aliphatic hydroxyl groups is 1. The third kappa shape index (κ3) is 3.94. The van der Waals surface area contributed by atoms with Gasteiger partial charge >= 0.3 is 0 Å². The minimum atomic E-state index is -3.04. The van der Waals surface area contributed by atoms with Crippen molar-refractivity contribution in [1.29, 1.82) is 0 Å². The third-order valence-electron chi connectivity index (χ3n) is 5.10. The molecular formula is C21H27O4P. The molecule has 0 amide bonds. The fourth-order valence-electron chi connectivity index (χ4n) is 3.67. The van der Waals surface area contributed by atoms with Crippen LogP contribution in [0.3, 0.4) is 0 Å². The Morgan fingerprint density at radius 1 is 1.00 bits per heavy atom. The van der Waals surface area contributed by atoms with Crippen LogP contribution in [0.15, 0.2) is 60.7 Å². The van der Waals surface area contributed by atoms with Crippen LogP contribution in [0.2, 0.25) is 0 Å². The summed E-state index contributed by atoms with van der Waals surface area (Å²) < 4.78 is 25.8. The zero-order chi connectivity index (χ0) is 18.6. The second-order valence-electron chi connectivity index (χ2n) is 7.01. The summed E-state index contributed by atoms with van der Waals surface area (Å²) in [5, 5.41) is 12.1. The fourth-order valence-corrected chi connectivity index (χ4v) is 7.06. The molecule has 1 aliphatic heterocycles. The molecule has 1 saturated heterocycles. The van der Waals surface area contributed by atoms with Gasteiger partial charge in [-0.05, 0) is 20.3 Å². The van der Waals surface area contributed by atoms with Crippen LogP contribution in [0.1, 0.15) is 26.7 Å². The molecule has 1 fully saturated rings. The fraction of sp³-hybridized carbons (Fsp3) is 0.429. The zero-order valence-corrected chi connectivity index (χ0v) is 16.3. The summed E-state index contributed by atoms with van der Waals surface area (Å²) in [5.41, 5.74) is -0.406. The molecule has 2 aromatic rings. The van der Waals surface area contributed by atoms with Crippen molar-refractivity contribution in [2.45, 2.75) is 44.2 Å². The normalized spacial score (nSPS) is 19.2. The summed E-state index contributed by atoms with van der Waals surface area (Å²) in [6.45, 7) is 4.78. The van der Waals surface area contributed by atoms with Gasteiger partial charge in [-0.1, -0.05) is 60.7 Å². The minimum Gasteiger partial charge on any atom is -0.393 e. The quantitative estimate of drug-likeness (QED) is 0.756. The lowest BCUT2D eigenvalue weighted by molar-refractivity contribution is -0.147. The smallest absolute Gasteiger partial charge is 0.165 e. The highest BCUT2D eigenvalue weighted by atomic mass is 31.2. The van der Waals surface area contributed by atoms with E-state index in [2.05, 4.69) is 0 Å². The van der Waals surface area contributed by atoms with Crippen LogP contribution in [0, 0.1) is 0 Å². The third-order valence-corrected chi connectivity index (χ3v) is 8.85. The van der Waals surface area contributed by atoms with Gasteiger partial charge in [0.1, 0.15) is 7.14 Å². The molecule has 1 aliphatic rings. The first-order valence-electron chi connectivity index (χ1n) is 9.13. The molecule has 0 radical (unpaired) electrons. The molecule has 1 N–H and O–H groups in total. The van der Waals surface area contributed by atoms with Gasteiger partial charge in [-0.15, -0.1) is 0 Å². The molecule has 4 nitrogen and oxygen atoms in total. The Morgan fingerprint density at radius 2 is 1.46 bits per heavy atom. The van der Waals surface area contributed by atoms with Crippen molar-refractivity contribution in [1.82, 2.24) is 0 Å². The maximum atomic E-state index is 14.4. The highest BCUT2D eigenvalue weighted by molar-refractivity contribution is 7.79. The van der Waals surface area contributed by atoms with Crippen molar-refractivity contribution in [2.75, 3.05) is 13.2 Å². The Balaban J connectivity index is 1.99. The Hall–Kier alpha value is -1.45. The molecule has 0 bridgehead atoms. The standard InChI is InChI=1S/C21H27O4P/c1-17(22)20(13-14-21(2)24-15-16-25-21)26(23,18-9-5-3-6-10-18)19-11-7-4-8-12-19/h3-12,17,20,22H,13-16H2,1-2H3/t17-,20-/m0/s1. The van der Waals surface area contributed by atoms with Crippen molar-refractivity contribution in [3.8, 4) is 0 Å². The first kappa shape index (κ1) is 19.3. The highest BCUT2D eigenvalue weighted by Crippen LogP contribution is 2.52. The van der Waals surface area contributed by atoms with Crippen molar-refractivity contribution in [2.24, 2.45) is 0 Å². The largest absolute Gasteiger partial charge is 0.393 e. The Kier molecular flexibility index (Phi) is 5.99. The van der Waals surface area contributed by atoms with E-state index in [4.69, 9.17) is 9.47 Å². The predicted octanol–water partition coefficient (Wildman–Crippen LogP) is 3.29. The van der Waals surface area contributed by atoms with Crippen LogP contribution < -0.4 is 10.6 Å². The molecule has 0 saturated carbocycles. The van der Waals surface area contributed by atoms with Gasteiger partial charge in [-0.25, -0.2) is 0 Å². The van der Waals surface area contributed by atoms with Crippen LogP contribution >= 0.6 is 7.14 Å². The molecular weight excluding hydrogens is 347 g/mol. The lowest BCUT2D eigenvalue weighted by Gasteiger charge is -2.33. The molecule has 5 heteroatoms. The molecule has 140 valence electrons. The molecule has 0 aromatic heterocycles. The van der Waals surface area contributed by atoms with Gasteiger partial charge < -0.3 is 19.1 Å². The van der Waals surface area contributed by atoms with Gasteiger partial charge in [0.25, 0.3) is 0 Å². The van der Waals surface area contributed by atoms with Gasteiger partial charge in [0.05, 0.1) is 19.3 Å². The molecule has 2 aromatic carbocycles. The van der Waals surface area contributed by atoms with Crippen LogP contribution in [0.25, 0.3) is 0 Å². The lowest BCUT2D eigenvalue weighted by atomic mass is 10.1. The average Bonchev–Trinajstić information content (AvgIpc) is 3.09. The first-order valence-corrected chi connectivity index (χ1v) is 10.9. The van der Waals surface area contributed by atoms with E-state index in [0.29, 0.717) is 26.1 Å². The lowest BCUT2D eigenvalue weighted by Crippen LogP contribution is -2.36. The molecule has 2 atom stereocenters. The van der Waals surface area contributed by atoms with Gasteiger partial charge in [-0.3, -0.25) is 0 Å². The number of ether oxygens (including phenoxy) is 2. The van der Waals surface area contributed by atoms with E-state index < -0.39 is 24.7 Å². The van der Waals surface area contributed by atoms with E-state index in [-0.39, 0.29) is 0 Å². The van der Waals surface area contributed by atoms with Crippen LogP contribution in [-0.4, -0.2) is 35.9 Å². The molecule has 3 rings (SSSR count). The molecule has 26 heavy (non-hydrogen) atoms. The van der Waals surface area contributed by atoms with Crippen molar-refractivity contribution < 1.29 is 19.1 Å². The van der Waals surface area contributed by atoms with E-state index in [1.807, 2.05) is 67.6 Å². The van der Waals surface area contributed by atoms with Crippen LogP contribution in [0.5, 0.6) is 0 Å². The van der Waals surface area contributed by atoms with Gasteiger partial charge in [0.2, 0.25) is 0 Å². The van der Waals surface area contributed by atoms with Gasteiger partial charge in [0.15, 0.2) is 5.79 Å². The minimum absolute atomic E-state index is 0.406. The summed E-state index contributed by atoms with van der Waals surface area (Å²) in [7, 11) is -3.04.